The molecule has 1 unspecified atom stereocenters. The van der Waals surface area contributed by atoms with E-state index in [-0.39, 0.29) is 18.2 Å². The number of aliphatic carboxylic acids is 1. The Balaban J connectivity index is 2.21. The van der Waals surface area contributed by atoms with E-state index in [1.807, 2.05) is 0 Å². The first kappa shape index (κ1) is 17.0. The van der Waals surface area contributed by atoms with Crippen LogP contribution < -0.4 is 10.6 Å². The van der Waals surface area contributed by atoms with Gasteiger partial charge in [-0.25, -0.2) is 0 Å². The van der Waals surface area contributed by atoms with Crippen molar-refractivity contribution in [2.75, 3.05) is 19.6 Å². The molecule has 1 saturated heterocycles. The molecular formula is C15H28N2O3. The number of carboxylic acid groups (broad SMARTS) is 1. The fourth-order valence-corrected chi connectivity index (χ4v) is 2.79. The molecule has 1 fully saturated rings. The zero-order valence-electron chi connectivity index (χ0n) is 12.5. The van der Waals surface area contributed by atoms with Crippen LogP contribution in [0.3, 0.4) is 0 Å². The fourth-order valence-electron chi connectivity index (χ4n) is 2.79. The van der Waals surface area contributed by atoms with E-state index >= 15 is 0 Å². The zero-order valence-corrected chi connectivity index (χ0v) is 12.5. The average Bonchev–Trinajstić information content (AvgIpc) is 2.45. The molecule has 3 N–H and O–H groups in total. The Morgan fingerprint density at radius 3 is 2.75 bits per heavy atom. The highest BCUT2D eigenvalue weighted by Gasteiger charge is 2.20. The molecule has 116 valence electrons. The SMILES string of the molecule is CCCC(CCNC(=O)[C@H]1CCCNC1)CCC(=O)O. The monoisotopic (exact) mass is 284 g/mol. The minimum atomic E-state index is -0.733. The molecule has 0 radical (unpaired) electrons. The molecule has 0 spiro atoms. The predicted octanol–water partition coefficient (Wildman–Crippen LogP) is 1.77. The van der Waals surface area contributed by atoms with Gasteiger partial charge in [0.05, 0.1) is 5.92 Å². The van der Waals surface area contributed by atoms with Crippen LogP contribution in [0.1, 0.15) is 51.9 Å². The molecule has 0 aromatic carbocycles. The first-order valence-electron chi connectivity index (χ1n) is 7.83. The van der Waals surface area contributed by atoms with Gasteiger partial charge in [0.2, 0.25) is 5.91 Å². The van der Waals surface area contributed by atoms with Crippen LogP contribution in [-0.4, -0.2) is 36.6 Å². The number of piperidine rings is 1. The van der Waals surface area contributed by atoms with Crippen LogP contribution in [0.5, 0.6) is 0 Å². The van der Waals surface area contributed by atoms with E-state index < -0.39 is 5.97 Å². The van der Waals surface area contributed by atoms with Crippen LogP contribution in [-0.2, 0) is 9.59 Å². The maximum absolute atomic E-state index is 12.0. The van der Waals surface area contributed by atoms with Crippen molar-refractivity contribution >= 4 is 11.9 Å². The van der Waals surface area contributed by atoms with Gasteiger partial charge in [0.1, 0.15) is 0 Å². The number of amides is 1. The zero-order chi connectivity index (χ0) is 14.8. The standard InChI is InChI=1S/C15H28N2O3/c1-2-4-12(6-7-14(18)19)8-10-17-15(20)13-5-3-9-16-11-13/h12-13,16H,2-11H2,1H3,(H,17,20)(H,18,19)/t12?,13-/m0/s1. The van der Waals surface area contributed by atoms with Gasteiger partial charge in [0.25, 0.3) is 0 Å². The van der Waals surface area contributed by atoms with Crippen LogP contribution in [0, 0.1) is 11.8 Å². The van der Waals surface area contributed by atoms with Gasteiger partial charge in [-0.1, -0.05) is 19.8 Å². The van der Waals surface area contributed by atoms with Crippen molar-refractivity contribution in [3.8, 4) is 0 Å². The first-order valence-corrected chi connectivity index (χ1v) is 7.83. The average molecular weight is 284 g/mol. The molecule has 5 nitrogen and oxygen atoms in total. The van der Waals surface area contributed by atoms with Gasteiger partial charge in [-0.3, -0.25) is 9.59 Å². The summed E-state index contributed by atoms with van der Waals surface area (Å²) in [7, 11) is 0. The van der Waals surface area contributed by atoms with Crippen molar-refractivity contribution in [3.63, 3.8) is 0 Å². The number of carbonyl (C=O) groups excluding carboxylic acids is 1. The lowest BCUT2D eigenvalue weighted by atomic mass is 9.94. The number of carboxylic acids is 1. The van der Waals surface area contributed by atoms with Gasteiger partial charge in [-0.05, 0) is 38.1 Å². The summed E-state index contributed by atoms with van der Waals surface area (Å²) in [5.74, 6) is -0.0811. The van der Waals surface area contributed by atoms with Crippen LogP contribution in [0.2, 0.25) is 0 Å². The summed E-state index contributed by atoms with van der Waals surface area (Å²) >= 11 is 0. The molecule has 1 heterocycles. The number of hydrogen-bond donors (Lipinski definition) is 3. The van der Waals surface area contributed by atoms with Gasteiger partial charge in [0.15, 0.2) is 0 Å². The minimum absolute atomic E-state index is 0.104. The molecule has 2 atom stereocenters. The Hall–Kier alpha value is -1.10. The van der Waals surface area contributed by atoms with Crippen molar-refractivity contribution < 1.29 is 14.7 Å². The highest BCUT2D eigenvalue weighted by atomic mass is 16.4. The van der Waals surface area contributed by atoms with E-state index in [1.165, 1.54) is 0 Å². The topological polar surface area (TPSA) is 78.4 Å². The lowest BCUT2D eigenvalue weighted by Gasteiger charge is -2.22. The summed E-state index contributed by atoms with van der Waals surface area (Å²) in [5, 5.41) is 15.0. The summed E-state index contributed by atoms with van der Waals surface area (Å²) in [5.41, 5.74) is 0. The summed E-state index contributed by atoms with van der Waals surface area (Å²) in [6, 6.07) is 0. The van der Waals surface area contributed by atoms with E-state index in [0.29, 0.717) is 18.9 Å². The third-order valence-corrected chi connectivity index (χ3v) is 3.98. The van der Waals surface area contributed by atoms with Crippen LogP contribution >= 0.6 is 0 Å². The molecule has 20 heavy (non-hydrogen) atoms. The lowest BCUT2D eigenvalue weighted by Crippen LogP contribution is -2.41. The summed E-state index contributed by atoms with van der Waals surface area (Å²) in [4.78, 5) is 22.6. The van der Waals surface area contributed by atoms with Crippen molar-refractivity contribution in [1.29, 1.82) is 0 Å². The van der Waals surface area contributed by atoms with E-state index in [4.69, 9.17) is 5.11 Å². The predicted molar refractivity (Wildman–Crippen MR) is 78.5 cm³/mol. The lowest BCUT2D eigenvalue weighted by molar-refractivity contribution is -0.137. The summed E-state index contributed by atoms with van der Waals surface area (Å²) < 4.78 is 0. The van der Waals surface area contributed by atoms with Gasteiger partial charge < -0.3 is 15.7 Å². The Bertz CT molecular complexity index is 301. The van der Waals surface area contributed by atoms with E-state index in [9.17, 15) is 9.59 Å². The summed E-state index contributed by atoms with van der Waals surface area (Å²) in [6.45, 7) is 4.57. The van der Waals surface area contributed by atoms with Crippen LogP contribution in [0.15, 0.2) is 0 Å². The second-order valence-electron chi connectivity index (χ2n) is 5.71. The summed E-state index contributed by atoms with van der Waals surface area (Å²) in [6.07, 6.45) is 5.95. The second kappa shape index (κ2) is 9.75. The quantitative estimate of drug-likeness (QED) is 0.603. The molecule has 1 aliphatic heterocycles. The molecule has 0 saturated carbocycles. The molecule has 0 aliphatic carbocycles. The minimum Gasteiger partial charge on any atom is -0.481 e. The molecule has 0 aromatic heterocycles. The van der Waals surface area contributed by atoms with Crippen LogP contribution in [0.25, 0.3) is 0 Å². The van der Waals surface area contributed by atoms with E-state index in [2.05, 4.69) is 17.6 Å². The maximum atomic E-state index is 12.0. The Labute approximate surface area is 121 Å². The number of hydrogen-bond acceptors (Lipinski definition) is 3. The fraction of sp³-hybridized carbons (Fsp3) is 0.867. The van der Waals surface area contributed by atoms with Gasteiger partial charge in [-0.2, -0.15) is 0 Å². The van der Waals surface area contributed by atoms with Gasteiger partial charge >= 0.3 is 5.97 Å². The third kappa shape index (κ3) is 6.89. The van der Waals surface area contributed by atoms with Crippen molar-refractivity contribution in [2.45, 2.75) is 51.9 Å². The number of rotatable bonds is 9. The molecule has 0 bridgehead atoms. The van der Waals surface area contributed by atoms with Crippen LogP contribution in [0.4, 0.5) is 0 Å². The Kier molecular flexibility index (Phi) is 8.26. The van der Waals surface area contributed by atoms with Gasteiger partial charge in [-0.15, -0.1) is 0 Å². The third-order valence-electron chi connectivity index (χ3n) is 3.98. The second-order valence-corrected chi connectivity index (χ2v) is 5.71. The Morgan fingerprint density at radius 2 is 2.15 bits per heavy atom. The van der Waals surface area contributed by atoms with Crippen molar-refractivity contribution in [3.05, 3.63) is 0 Å². The first-order chi connectivity index (χ1) is 9.63. The number of carbonyl (C=O) groups is 2. The molecule has 1 amide bonds. The van der Waals surface area contributed by atoms with E-state index in [0.717, 1.165) is 45.2 Å². The molecule has 0 aromatic rings. The largest absolute Gasteiger partial charge is 0.481 e. The highest BCUT2D eigenvalue weighted by Crippen LogP contribution is 2.17. The van der Waals surface area contributed by atoms with E-state index in [1.54, 1.807) is 0 Å². The molecule has 1 rings (SSSR count). The van der Waals surface area contributed by atoms with Crippen molar-refractivity contribution in [2.24, 2.45) is 11.8 Å². The van der Waals surface area contributed by atoms with Crippen molar-refractivity contribution in [1.82, 2.24) is 10.6 Å². The smallest absolute Gasteiger partial charge is 0.303 e. The maximum Gasteiger partial charge on any atom is 0.303 e. The Morgan fingerprint density at radius 1 is 1.35 bits per heavy atom. The molecule has 1 aliphatic rings. The number of nitrogens with one attached hydrogen (secondary N) is 2. The normalized spacial score (nSPS) is 20.4. The van der Waals surface area contributed by atoms with Gasteiger partial charge in [0, 0.05) is 19.5 Å². The highest BCUT2D eigenvalue weighted by molar-refractivity contribution is 5.78. The molecular weight excluding hydrogens is 256 g/mol. The molecule has 5 heteroatoms.